The van der Waals surface area contributed by atoms with Crippen molar-refractivity contribution in [2.45, 2.75) is 19.9 Å². The van der Waals surface area contributed by atoms with E-state index in [-0.39, 0.29) is 5.82 Å². The summed E-state index contributed by atoms with van der Waals surface area (Å²) in [5, 5.41) is 11.4. The largest absolute Gasteiger partial charge is 0.493 e. The van der Waals surface area contributed by atoms with Gasteiger partial charge in [0, 0.05) is 30.3 Å². The van der Waals surface area contributed by atoms with Crippen molar-refractivity contribution in [1.29, 1.82) is 0 Å². The third kappa shape index (κ3) is 2.59. The number of halogens is 1. The normalized spacial score (nSPS) is 13.0. The predicted octanol–water partition coefficient (Wildman–Crippen LogP) is 2.30. The van der Waals surface area contributed by atoms with E-state index in [0.29, 0.717) is 36.7 Å². The first-order chi connectivity index (χ1) is 13.2. The van der Waals surface area contributed by atoms with Crippen LogP contribution in [0.5, 0.6) is 5.75 Å². The zero-order valence-electron chi connectivity index (χ0n) is 14.6. The van der Waals surface area contributed by atoms with Crippen LogP contribution >= 0.6 is 0 Å². The van der Waals surface area contributed by atoms with E-state index in [1.165, 1.54) is 6.07 Å². The average molecular weight is 365 g/mol. The van der Waals surface area contributed by atoms with Crippen LogP contribution in [0.2, 0.25) is 0 Å². The highest BCUT2D eigenvalue weighted by Gasteiger charge is 2.20. The van der Waals surface area contributed by atoms with Gasteiger partial charge in [-0.1, -0.05) is 0 Å². The molecule has 3 aromatic heterocycles. The number of nitrogens with one attached hydrogen (secondary N) is 1. The molecule has 27 heavy (non-hydrogen) atoms. The summed E-state index contributed by atoms with van der Waals surface area (Å²) < 4.78 is 23.4. The van der Waals surface area contributed by atoms with Crippen LogP contribution in [-0.4, -0.2) is 35.7 Å². The fourth-order valence-corrected chi connectivity index (χ4v) is 3.35. The lowest BCUT2D eigenvalue weighted by atomic mass is 10.0. The maximum Gasteiger partial charge on any atom is 0.210 e. The highest BCUT2D eigenvalue weighted by Crippen LogP contribution is 2.30. The summed E-state index contributed by atoms with van der Waals surface area (Å²) in [5.41, 5.74) is 3.80. The molecule has 5 rings (SSSR count). The molecule has 1 N–H and O–H groups in total. The quantitative estimate of drug-likeness (QED) is 0.598. The van der Waals surface area contributed by atoms with Crippen LogP contribution in [0.25, 0.3) is 11.3 Å². The number of aryl methyl sites for hydroxylation is 1. The van der Waals surface area contributed by atoms with Crippen molar-refractivity contribution < 1.29 is 9.13 Å². The molecule has 1 aliphatic heterocycles. The van der Waals surface area contributed by atoms with E-state index < -0.39 is 0 Å². The number of hydrogen-bond donors (Lipinski definition) is 1. The van der Waals surface area contributed by atoms with Crippen LogP contribution in [-0.2, 0) is 13.0 Å². The summed E-state index contributed by atoms with van der Waals surface area (Å²) in [6, 6.07) is 3.12. The van der Waals surface area contributed by atoms with E-state index in [1.807, 2.05) is 17.7 Å². The van der Waals surface area contributed by atoms with Crippen molar-refractivity contribution in [1.82, 2.24) is 29.1 Å². The fraction of sp³-hybridized carbons (Fsp3) is 0.222. The average Bonchev–Trinajstić information content (AvgIpc) is 3.40. The van der Waals surface area contributed by atoms with Gasteiger partial charge < -0.3 is 14.6 Å². The lowest BCUT2D eigenvalue weighted by Crippen LogP contribution is -2.10. The zero-order chi connectivity index (χ0) is 18.4. The molecule has 136 valence electrons. The zero-order valence-corrected chi connectivity index (χ0v) is 14.6. The molecule has 0 fully saturated rings. The van der Waals surface area contributed by atoms with E-state index in [4.69, 9.17) is 4.74 Å². The Hall–Kier alpha value is -3.49. The number of aromatic nitrogens is 6. The third-order valence-electron chi connectivity index (χ3n) is 4.67. The summed E-state index contributed by atoms with van der Waals surface area (Å²) in [6.45, 7) is 2.79. The first-order valence-corrected chi connectivity index (χ1v) is 8.57. The molecular formula is C18H16FN7O. The molecule has 8 nitrogen and oxygen atoms in total. The number of imidazole rings is 1. The van der Waals surface area contributed by atoms with Crippen LogP contribution in [0.4, 0.5) is 10.3 Å². The van der Waals surface area contributed by atoms with Crippen molar-refractivity contribution in [3.8, 4) is 11.4 Å². The minimum Gasteiger partial charge on any atom is -0.493 e. The predicted molar refractivity (Wildman–Crippen MR) is 95.6 cm³/mol. The van der Waals surface area contributed by atoms with Gasteiger partial charge in [-0.2, -0.15) is 0 Å². The second kappa shape index (κ2) is 6.04. The van der Waals surface area contributed by atoms with Crippen molar-refractivity contribution >= 4 is 11.6 Å². The lowest BCUT2D eigenvalue weighted by Gasteiger charge is -2.12. The minimum atomic E-state index is -0.253. The Morgan fingerprint density at radius 2 is 2.19 bits per heavy atom. The summed E-state index contributed by atoms with van der Waals surface area (Å²) in [4.78, 5) is 8.71. The van der Waals surface area contributed by atoms with E-state index in [1.54, 1.807) is 29.3 Å². The maximum atomic E-state index is 14.3. The molecular weight excluding hydrogens is 349 g/mol. The topological polar surface area (TPSA) is 82.2 Å². The van der Waals surface area contributed by atoms with Gasteiger partial charge in [-0.15, -0.1) is 10.2 Å². The molecule has 0 spiro atoms. The Bertz CT molecular complexity index is 1150. The molecule has 9 heteroatoms. The van der Waals surface area contributed by atoms with E-state index in [0.717, 1.165) is 22.7 Å². The summed E-state index contributed by atoms with van der Waals surface area (Å²) >= 11 is 0. The van der Waals surface area contributed by atoms with Gasteiger partial charge >= 0.3 is 0 Å². The highest BCUT2D eigenvalue weighted by atomic mass is 19.1. The first-order valence-electron chi connectivity index (χ1n) is 8.57. The molecule has 0 aliphatic carbocycles. The standard InChI is InChI=1S/C18H16FN7O/c1-11-8-25(9-22-11)15-7-21-18(26-10-23-24-17(15)26)20-6-13-12-4-5-27-16(12)3-2-14(13)19/h2-3,7-10H,4-6H2,1H3,(H,20,21). The Kier molecular flexibility index (Phi) is 3.52. The molecule has 0 amide bonds. The summed E-state index contributed by atoms with van der Waals surface area (Å²) in [5.74, 6) is 1.03. The van der Waals surface area contributed by atoms with E-state index >= 15 is 0 Å². The molecule has 4 heterocycles. The van der Waals surface area contributed by atoms with Gasteiger partial charge in [0.05, 0.1) is 24.8 Å². The smallest absolute Gasteiger partial charge is 0.210 e. The number of ether oxygens (including phenoxy) is 1. The molecule has 0 saturated carbocycles. The molecule has 0 radical (unpaired) electrons. The minimum absolute atomic E-state index is 0.253. The molecule has 0 atom stereocenters. The number of fused-ring (bicyclic) bond motifs is 2. The van der Waals surface area contributed by atoms with Gasteiger partial charge in [0.2, 0.25) is 5.95 Å². The first kappa shape index (κ1) is 15.7. The van der Waals surface area contributed by atoms with Gasteiger partial charge in [0.15, 0.2) is 5.65 Å². The summed E-state index contributed by atoms with van der Waals surface area (Å²) in [6.07, 6.45) is 7.58. The van der Waals surface area contributed by atoms with Crippen molar-refractivity contribution in [2.24, 2.45) is 0 Å². The molecule has 4 aromatic rings. The van der Waals surface area contributed by atoms with Crippen LogP contribution < -0.4 is 10.1 Å². The van der Waals surface area contributed by atoms with Crippen LogP contribution in [0.15, 0.2) is 37.2 Å². The molecule has 0 saturated heterocycles. The Balaban J connectivity index is 1.49. The summed E-state index contributed by atoms with van der Waals surface area (Å²) in [7, 11) is 0. The maximum absolute atomic E-state index is 14.3. The molecule has 1 aliphatic rings. The third-order valence-corrected chi connectivity index (χ3v) is 4.67. The number of hydrogen-bond acceptors (Lipinski definition) is 6. The lowest BCUT2D eigenvalue weighted by molar-refractivity contribution is 0.356. The Labute approximate surface area is 153 Å². The number of rotatable bonds is 4. The van der Waals surface area contributed by atoms with Crippen LogP contribution in [0, 0.1) is 12.7 Å². The number of anilines is 1. The van der Waals surface area contributed by atoms with Crippen molar-refractivity contribution in [2.75, 3.05) is 11.9 Å². The second-order valence-corrected chi connectivity index (χ2v) is 6.37. The van der Waals surface area contributed by atoms with Crippen molar-refractivity contribution in [3.05, 3.63) is 59.8 Å². The van der Waals surface area contributed by atoms with Crippen LogP contribution in [0.3, 0.4) is 0 Å². The van der Waals surface area contributed by atoms with Crippen LogP contribution in [0.1, 0.15) is 16.8 Å². The highest BCUT2D eigenvalue weighted by molar-refractivity contribution is 5.60. The number of nitrogens with zero attached hydrogens (tertiary/aromatic N) is 6. The number of benzene rings is 1. The van der Waals surface area contributed by atoms with Gasteiger partial charge in [-0.3, -0.25) is 0 Å². The van der Waals surface area contributed by atoms with Gasteiger partial charge in [-0.05, 0) is 19.1 Å². The molecule has 0 unspecified atom stereocenters. The van der Waals surface area contributed by atoms with Gasteiger partial charge in [-0.25, -0.2) is 18.8 Å². The second-order valence-electron chi connectivity index (χ2n) is 6.37. The Morgan fingerprint density at radius 3 is 3.04 bits per heavy atom. The van der Waals surface area contributed by atoms with Crippen molar-refractivity contribution in [3.63, 3.8) is 0 Å². The van der Waals surface area contributed by atoms with E-state index in [2.05, 4.69) is 25.5 Å². The monoisotopic (exact) mass is 365 g/mol. The van der Waals surface area contributed by atoms with Gasteiger partial charge in [0.25, 0.3) is 0 Å². The van der Waals surface area contributed by atoms with Gasteiger partial charge in [0.1, 0.15) is 23.6 Å². The Morgan fingerprint density at radius 1 is 1.26 bits per heavy atom. The molecule has 1 aromatic carbocycles. The SMILES string of the molecule is Cc1cn(-c2cnc(NCc3c(F)ccc4c3CCO4)n3cnnc23)cn1. The van der Waals surface area contributed by atoms with E-state index in [9.17, 15) is 4.39 Å². The molecule has 0 bridgehead atoms. The fourth-order valence-electron chi connectivity index (χ4n) is 3.35.